The molecule has 0 fully saturated rings. The van der Waals surface area contributed by atoms with Gasteiger partial charge in [-0.25, -0.2) is 0 Å². The monoisotopic (exact) mass is 230 g/mol. The molecule has 1 aromatic carbocycles. The normalized spacial score (nSPS) is 12.9. The van der Waals surface area contributed by atoms with E-state index in [0.717, 1.165) is 12.1 Å². The first-order valence-corrected chi connectivity index (χ1v) is 5.90. The van der Waals surface area contributed by atoms with Gasteiger partial charge in [0.1, 0.15) is 0 Å². The van der Waals surface area contributed by atoms with Crippen molar-refractivity contribution in [2.75, 3.05) is 6.61 Å². The summed E-state index contributed by atoms with van der Waals surface area (Å²) in [4.78, 5) is 4.35. The Hall–Kier alpha value is -1.45. The molecule has 1 heterocycles. The maximum atomic E-state index is 9.02. The summed E-state index contributed by atoms with van der Waals surface area (Å²) in [6.07, 6.45) is 1.81. The Morgan fingerprint density at radius 3 is 2.94 bits per heavy atom. The molecule has 3 nitrogen and oxygen atoms in total. The predicted octanol–water partition coefficient (Wildman–Crippen LogP) is 2.01. The Kier molecular flexibility index (Phi) is 3.71. The number of hydrogen-bond donors (Lipinski definition) is 2. The van der Waals surface area contributed by atoms with Crippen LogP contribution in [-0.4, -0.2) is 22.7 Å². The first-order valence-electron chi connectivity index (χ1n) is 5.90. The SMILES string of the molecule is Cc1ccc2ncccc2c1CNC(C)CO. The molecular formula is C14H18N2O. The summed E-state index contributed by atoms with van der Waals surface area (Å²) in [6.45, 7) is 4.99. The number of benzene rings is 1. The van der Waals surface area contributed by atoms with Crippen LogP contribution in [0, 0.1) is 6.92 Å². The van der Waals surface area contributed by atoms with Crippen LogP contribution in [-0.2, 0) is 6.54 Å². The zero-order valence-electron chi connectivity index (χ0n) is 10.3. The lowest BCUT2D eigenvalue weighted by Gasteiger charge is -2.14. The highest BCUT2D eigenvalue weighted by atomic mass is 16.3. The third-order valence-corrected chi connectivity index (χ3v) is 3.03. The summed E-state index contributed by atoms with van der Waals surface area (Å²) in [7, 11) is 0. The minimum Gasteiger partial charge on any atom is -0.395 e. The number of pyridine rings is 1. The molecule has 17 heavy (non-hydrogen) atoms. The van der Waals surface area contributed by atoms with Crippen molar-refractivity contribution in [3.63, 3.8) is 0 Å². The highest BCUT2D eigenvalue weighted by Gasteiger charge is 2.06. The fraction of sp³-hybridized carbons (Fsp3) is 0.357. The summed E-state index contributed by atoms with van der Waals surface area (Å²) >= 11 is 0. The van der Waals surface area contributed by atoms with Gasteiger partial charge >= 0.3 is 0 Å². The van der Waals surface area contributed by atoms with E-state index in [-0.39, 0.29) is 12.6 Å². The van der Waals surface area contributed by atoms with Crippen LogP contribution in [0.5, 0.6) is 0 Å². The maximum absolute atomic E-state index is 9.02. The summed E-state index contributed by atoms with van der Waals surface area (Å²) in [5.41, 5.74) is 3.53. The molecule has 0 amide bonds. The minimum atomic E-state index is 0.112. The second-order valence-corrected chi connectivity index (χ2v) is 4.40. The molecule has 0 radical (unpaired) electrons. The Morgan fingerprint density at radius 2 is 2.18 bits per heavy atom. The Bertz CT molecular complexity index is 511. The van der Waals surface area contributed by atoms with Gasteiger partial charge < -0.3 is 10.4 Å². The van der Waals surface area contributed by atoms with E-state index in [2.05, 4.69) is 29.4 Å². The number of nitrogens with zero attached hydrogens (tertiary/aromatic N) is 1. The predicted molar refractivity (Wildman–Crippen MR) is 69.9 cm³/mol. The van der Waals surface area contributed by atoms with E-state index in [1.54, 1.807) is 0 Å². The third kappa shape index (κ3) is 2.62. The van der Waals surface area contributed by atoms with Gasteiger partial charge in [-0.1, -0.05) is 12.1 Å². The van der Waals surface area contributed by atoms with E-state index in [0.29, 0.717) is 0 Å². The molecule has 2 N–H and O–H groups in total. The van der Waals surface area contributed by atoms with Crippen molar-refractivity contribution in [3.05, 3.63) is 41.6 Å². The van der Waals surface area contributed by atoms with Crippen molar-refractivity contribution < 1.29 is 5.11 Å². The van der Waals surface area contributed by atoms with Gasteiger partial charge in [-0.15, -0.1) is 0 Å². The lowest BCUT2D eigenvalue weighted by atomic mass is 10.0. The molecule has 0 aliphatic rings. The number of fused-ring (bicyclic) bond motifs is 1. The van der Waals surface area contributed by atoms with Crippen LogP contribution < -0.4 is 5.32 Å². The molecule has 0 aliphatic carbocycles. The second-order valence-electron chi connectivity index (χ2n) is 4.40. The van der Waals surface area contributed by atoms with Crippen molar-refractivity contribution >= 4 is 10.9 Å². The van der Waals surface area contributed by atoms with Crippen molar-refractivity contribution in [1.82, 2.24) is 10.3 Å². The molecule has 0 bridgehead atoms. The van der Waals surface area contributed by atoms with E-state index >= 15 is 0 Å². The number of aromatic nitrogens is 1. The second kappa shape index (κ2) is 5.25. The fourth-order valence-electron chi connectivity index (χ4n) is 1.90. The standard InChI is InChI=1S/C14H18N2O/c1-10-5-6-14-12(4-3-7-15-14)13(10)8-16-11(2)9-17/h3-7,11,16-17H,8-9H2,1-2H3. The summed E-state index contributed by atoms with van der Waals surface area (Å²) in [5.74, 6) is 0. The largest absolute Gasteiger partial charge is 0.395 e. The van der Waals surface area contributed by atoms with E-state index in [1.807, 2.05) is 25.3 Å². The van der Waals surface area contributed by atoms with E-state index < -0.39 is 0 Å². The highest BCUT2D eigenvalue weighted by Crippen LogP contribution is 2.20. The summed E-state index contributed by atoms with van der Waals surface area (Å²) in [5, 5.41) is 13.5. The molecule has 3 heteroatoms. The van der Waals surface area contributed by atoms with Crippen LogP contribution in [0.15, 0.2) is 30.5 Å². The number of aryl methyl sites for hydroxylation is 1. The molecule has 2 rings (SSSR count). The molecule has 0 saturated carbocycles. The van der Waals surface area contributed by atoms with E-state index in [4.69, 9.17) is 5.11 Å². The van der Waals surface area contributed by atoms with Crippen molar-refractivity contribution in [2.45, 2.75) is 26.4 Å². The molecule has 0 spiro atoms. The van der Waals surface area contributed by atoms with E-state index in [9.17, 15) is 0 Å². The Balaban J connectivity index is 2.34. The van der Waals surface area contributed by atoms with Crippen LogP contribution in [0.4, 0.5) is 0 Å². The van der Waals surface area contributed by atoms with Gasteiger partial charge in [-0.2, -0.15) is 0 Å². The average molecular weight is 230 g/mol. The number of rotatable bonds is 4. The van der Waals surface area contributed by atoms with E-state index in [1.165, 1.54) is 16.5 Å². The number of hydrogen-bond acceptors (Lipinski definition) is 3. The average Bonchev–Trinajstić information content (AvgIpc) is 2.37. The van der Waals surface area contributed by atoms with Gasteiger partial charge in [-0.05, 0) is 37.1 Å². The molecule has 2 aromatic rings. The summed E-state index contributed by atoms with van der Waals surface area (Å²) < 4.78 is 0. The van der Waals surface area contributed by atoms with Gasteiger partial charge in [0.25, 0.3) is 0 Å². The van der Waals surface area contributed by atoms with Gasteiger partial charge in [0.05, 0.1) is 12.1 Å². The van der Waals surface area contributed by atoms with Crippen molar-refractivity contribution in [2.24, 2.45) is 0 Å². The van der Waals surface area contributed by atoms with Crippen LogP contribution in [0.1, 0.15) is 18.1 Å². The molecular weight excluding hydrogens is 212 g/mol. The minimum absolute atomic E-state index is 0.112. The van der Waals surface area contributed by atoms with Gasteiger partial charge in [0, 0.05) is 24.2 Å². The first kappa shape index (κ1) is 12.0. The fourth-order valence-corrected chi connectivity index (χ4v) is 1.90. The zero-order chi connectivity index (χ0) is 12.3. The third-order valence-electron chi connectivity index (χ3n) is 3.03. The molecule has 1 atom stereocenters. The molecule has 90 valence electrons. The Labute approximate surface area is 102 Å². The van der Waals surface area contributed by atoms with Crippen molar-refractivity contribution in [1.29, 1.82) is 0 Å². The molecule has 1 aromatic heterocycles. The van der Waals surface area contributed by atoms with Crippen LogP contribution in [0.3, 0.4) is 0 Å². The number of nitrogens with one attached hydrogen (secondary N) is 1. The van der Waals surface area contributed by atoms with Gasteiger partial charge in [0.2, 0.25) is 0 Å². The number of aliphatic hydroxyl groups is 1. The quantitative estimate of drug-likeness (QED) is 0.844. The molecule has 0 saturated heterocycles. The number of aliphatic hydroxyl groups excluding tert-OH is 1. The Morgan fingerprint density at radius 1 is 1.35 bits per heavy atom. The smallest absolute Gasteiger partial charge is 0.0705 e. The summed E-state index contributed by atoms with van der Waals surface area (Å²) in [6, 6.07) is 8.30. The lowest BCUT2D eigenvalue weighted by Crippen LogP contribution is -2.29. The lowest BCUT2D eigenvalue weighted by molar-refractivity contribution is 0.251. The van der Waals surface area contributed by atoms with Crippen molar-refractivity contribution in [3.8, 4) is 0 Å². The first-order chi connectivity index (χ1) is 8.22. The van der Waals surface area contributed by atoms with Gasteiger partial charge in [0.15, 0.2) is 0 Å². The van der Waals surface area contributed by atoms with Crippen LogP contribution >= 0.6 is 0 Å². The van der Waals surface area contributed by atoms with Crippen LogP contribution in [0.2, 0.25) is 0 Å². The molecule has 0 aliphatic heterocycles. The highest BCUT2D eigenvalue weighted by molar-refractivity contribution is 5.83. The maximum Gasteiger partial charge on any atom is 0.0705 e. The molecule has 1 unspecified atom stereocenters. The van der Waals surface area contributed by atoms with Gasteiger partial charge in [-0.3, -0.25) is 4.98 Å². The topological polar surface area (TPSA) is 45.2 Å². The zero-order valence-corrected chi connectivity index (χ0v) is 10.3. The van der Waals surface area contributed by atoms with Crippen LogP contribution in [0.25, 0.3) is 10.9 Å².